The van der Waals surface area contributed by atoms with Crippen LogP contribution >= 0.6 is 0 Å². The maximum absolute atomic E-state index is 12.6. The van der Waals surface area contributed by atoms with Gasteiger partial charge in [-0.25, -0.2) is 0 Å². The first kappa shape index (κ1) is 15.9. The van der Waals surface area contributed by atoms with Crippen LogP contribution in [0.2, 0.25) is 0 Å². The predicted octanol–water partition coefficient (Wildman–Crippen LogP) is 2.02. The van der Waals surface area contributed by atoms with Gasteiger partial charge in [-0.3, -0.25) is 19.3 Å². The lowest BCUT2D eigenvalue weighted by Gasteiger charge is -2.21. The minimum Gasteiger partial charge on any atom is -0.356 e. The third kappa shape index (κ3) is 2.68. The summed E-state index contributed by atoms with van der Waals surface area (Å²) in [6, 6.07) is 0. The average Bonchev–Trinajstić information content (AvgIpc) is 3.32. The van der Waals surface area contributed by atoms with Crippen molar-refractivity contribution in [1.82, 2.24) is 10.2 Å². The molecule has 4 aliphatic rings. The predicted molar refractivity (Wildman–Crippen MR) is 88.7 cm³/mol. The fourth-order valence-electron chi connectivity index (χ4n) is 5.20. The first-order valence-electron chi connectivity index (χ1n) is 9.37. The highest BCUT2D eigenvalue weighted by Crippen LogP contribution is 2.47. The third-order valence-corrected chi connectivity index (χ3v) is 6.59. The summed E-state index contributed by atoms with van der Waals surface area (Å²) in [5.74, 6) is 1.72. The molecule has 3 fully saturated rings. The Labute approximate surface area is 142 Å². The fourth-order valence-corrected chi connectivity index (χ4v) is 5.20. The molecule has 0 aromatic carbocycles. The zero-order valence-electron chi connectivity index (χ0n) is 14.1. The van der Waals surface area contributed by atoms with Gasteiger partial charge in [-0.1, -0.05) is 25.0 Å². The molecule has 1 heterocycles. The van der Waals surface area contributed by atoms with Crippen LogP contribution in [0.4, 0.5) is 0 Å². The Bertz CT molecular complexity index is 591. The van der Waals surface area contributed by atoms with E-state index in [1.165, 1.54) is 17.7 Å². The molecule has 2 bridgehead atoms. The Morgan fingerprint density at radius 2 is 2.00 bits per heavy atom. The van der Waals surface area contributed by atoms with Gasteiger partial charge in [-0.05, 0) is 43.4 Å². The molecule has 1 N–H and O–H groups in total. The van der Waals surface area contributed by atoms with Crippen LogP contribution in [0.3, 0.4) is 0 Å². The van der Waals surface area contributed by atoms with Crippen LogP contribution in [0.25, 0.3) is 0 Å². The number of likely N-dealkylation sites (tertiary alicyclic amines) is 1. The minimum atomic E-state index is -0.428. The molecule has 0 aromatic rings. The van der Waals surface area contributed by atoms with Crippen LogP contribution in [-0.2, 0) is 14.4 Å². The number of rotatable bonds is 5. The van der Waals surface area contributed by atoms with Gasteiger partial charge in [0.05, 0.1) is 5.41 Å². The number of fused-ring (bicyclic) bond motifs is 2. The van der Waals surface area contributed by atoms with Crippen molar-refractivity contribution in [3.63, 3.8) is 0 Å². The maximum Gasteiger partial charge on any atom is 0.235 e. The molecule has 24 heavy (non-hydrogen) atoms. The van der Waals surface area contributed by atoms with E-state index in [9.17, 15) is 14.4 Å². The standard InChI is InChI=1S/C19H26N2O3/c22-16(20-12-15-10-13-3-4-14(15)9-13)5-8-21-17(23)11-19(18(21)24)6-1-2-7-19/h3-4,13-15H,1-2,5-12H2,(H,20,22)/t13-,14-,15+/m1/s1. The zero-order chi connectivity index (χ0) is 16.7. The number of carbonyl (C=O) groups excluding carboxylic acids is 3. The van der Waals surface area contributed by atoms with Gasteiger partial charge in [-0.15, -0.1) is 0 Å². The summed E-state index contributed by atoms with van der Waals surface area (Å²) < 4.78 is 0. The monoisotopic (exact) mass is 330 g/mol. The average molecular weight is 330 g/mol. The van der Waals surface area contributed by atoms with Crippen LogP contribution in [0.1, 0.15) is 51.4 Å². The van der Waals surface area contributed by atoms with Gasteiger partial charge in [0.1, 0.15) is 0 Å². The quantitative estimate of drug-likeness (QED) is 0.619. The Balaban J connectivity index is 1.24. The van der Waals surface area contributed by atoms with Gasteiger partial charge in [-0.2, -0.15) is 0 Å². The van der Waals surface area contributed by atoms with Crippen molar-refractivity contribution in [3.8, 4) is 0 Å². The molecule has 1 saturated heterocycles. The molecule has 2 saturated carbocycles. The Hall–Kier alpha value is -1.65. The molecule has 130 valence electrons. The van der Waals surface area contributed by atoms with Crippen molar-refractivity contribution in [1.29, 1.82) is 0 Å². The largest absolute Gasteiger partial charge is 0.356 e. The molecule has 3 atom stereocenters. The summed E-state index contributed by atoms with van der Waals surface area (Å²) in [7, 11) is 0. The lowest BCUT2D eigenvalue weighted by Crippen LogP contribution is -2.38. The van der Waals surface area contributed by atoms with Gasteiger partial charge in [0.25, 0.3) is 0 Å². The number of imide groups is 1. The lowest BCUT2D eigenvalue weighted by atomic mass is 9.84. The van der Waals surface area contributed by atoms with E-state index in [1.54, 1.807) is 0 Å². The van der Waals surface area contributed by atoms with Crippen molar-refractivity contribution in [2.45, 2.75) is 51.4 Å². The number of allylic oxidation sites excluding steroid dienone is 2. The van der Waals surface area contributed by atoms with E-state index < -0.39 is 5.41 Å². The smallest absolute Gasteiger partial charge is 0.235 e. The molecular formula is C19H26N2O3. The molecule has 3 aliphatic carbocycles. The highest BCUT2D eigenvalue weighted by Gasteiger charge is 2.52. The van der Waals surface area contributed by atoms with Crippen LogP contribution in [0.15, 0.2) is 12.2 Å². The number of carbonyl (C=O) groups is 3. The van der Waals surface area contributed by atoms with Gasteiger partial charge in [0.15, 0.2) is 0 Å². The topological polar surface area (TPSA) is 66.5 Å². The molecule has 1 aliphatic heterocycles. The maximum atomic E-state index is 12.6. The summed E-state index contributed by atoms with van der Waals surface area (Å²) in [4.78, 5) is 38.2. The first-order chi connectivity index (χ1) is 11.6. The Morgan fingerprint density at radius 1 is 1.21 bits per heavy atom. The highest BCUT2D eigenvalue weighted by atomic mass is 16.2. The van der Waals surface area contributed by atoms with Crippen LogP contribution in [0, 0.1) is 23.2 Å². The van der Waals surface area contributed by atoms with E-state index in [2.05, 4.69) is 17.5 Å². The van der Waals surface area contributed by atoms with Crippen LogP contribution in [0.5, 0.6) is 0 Å². The second-order valence-corrected chi connectivity index (χ2v) is 8.11. The molecule has 0 radical (unpaired) electrons. The van der Waals surface area contributed by atoms with Crippen molar-refractivity contribution < 1.29 is 14.4 Å². The number of hydrogen-bond acceptors (Lipinski definition) is 3. The second kappa shape index (κ2) is 6.01. The van der Waals surface area contributed by atoms with Crippen molar-refractivity contribution in [2.75, 3.05) is 13.1 Å². The van der Waals surface area contributed by atoms with Gasteiger partial charge >= 0.3 is 0 Å². The molecular weight excluding hydrogens is 304 g/mol. The van der Waals surface area contributed by atoms with Crippen LogP contribution < -0.4 is 5.32 Å². The van der Waals surface area contributed by atoms with Gasteiger partial charge < -0.3 is 5.32 Å². The van der Waals surface area contributed by atoms with Crippen molar-refractivity contribution in [3.05, 3.63) is 12.2 Å². The molecule has 0 unspecified atom stereocenters. The fraction of sp³-hybridized carbons (Fsp3) is 0.737. The number of nitrogens with one attached hydrogen (secondary N) is 1. The highest BCUT2D eigenvalue weighted by molar-refractivity contribution is 6.06. The van der Waals surface area contributed by atoms with E-state index in [-0.39, 0.29) is 30.7 Å². The normalized spacial score (nSPS) is 33.2. The number of amides is 3. The SMILES string of the molecule is O=C(CCN1C(=O)CC2(CCCC2)C1=O)NC[C@@H]1C[C@@H]2C=C[C@@H]1C2. The zero-order valence-corrected chi connectivity index (χ0v) is 14.1. The molecule has 1 spiro atoms. The summed E-state index contributed by atoms with van der Waals surface area (Å²) in [5.41, 5.74) is -0.428. The number of nitrogens with zero attached hydrogens (tertiary/aromatic N) is 1. The third-order valence-electron chi connectivity index (χ3n) is 6.59. The Morgan fingerprint density at radius 3 is 2.67 bits per heavy atom. The van der Waals surface area contributed by atoms with E-state index in [4.69, 9.17) is 0 Å². The molecule has 3 amide bonds. The first-order valence-corrected chi connectivity index (χ1v) is 9.37. The van der Waals surface area contributed by atoms with E-state index >= 15 is 0 Å². The minimum absolute atomic E-state index is 0.0314. The summed E-state index contributed by atoms with van der Waals surface area (Å²) in [6.07, 6.45) is 11.3. The molecule has 0 aromatic heterocycles. The molecule has 5 heteroatoms. The van der Waals surface area contributed by atoms with E-state index in [0.717, 1.165) is 32.2 Å². The summed E-state index contributed by atoms with van der Waals surface area (Å²) >= 11 is 0. The van der Waals surface area contributed by atoms with E-state index in [0.29, 0.717) is 24.2 Å². The summed E-state index contributed by atoms with van der Waals surface area (Å²) in [6.45, 7) is 0.956. The second-order valence-electron chi connectivity index (χ2n) is 8.11. The number of hydrogen-bond donors (Lipinski definition) is 1. The summed E-state index contributed by atoms with van der Waals surface area (Å²) in [5, 5.41) is 3.00. The van der Waals surface area contributed by atoms with E-state index in [1.807, 2.05) is 0 Å². The Kier molecular flexibility index (Phi) is 3.97. The van der Waals surface area contributed by atoms with Crippen molar-refractivity contribution in [2.24, 2.45) is 23.2 Å². The van der Waals surface area contributed by atoms with Crippen LogP contribution in [-0.4, -0.2) is 35.7 Å². The molecule has 5 nitrogen and oxygen atoms in total. The van der Waals surface area contributed by atoms with Gasteiger partial charge in [0.2, 0.25) is 17.7 Å². The lowest BCUT2D eigenvalue weighted by molar-refractivity contribution is -0.141. The van der Waals surface area contributed by atoms with Gasteiger partial charge in [0, 0.05) is 25.9 Å². The van der Waals surface area contributed by atoms with Crippen molar-refractivity contribution >= 4 is 17.7 Å². The molecule has 4 rings (SSSR count).